The second kappa shape index (κ2) is 11.1. The van der Waals surface area contributed by atoms with E-state index in [9.17, 15) is 9.59 Å². The molecule has 0 aliphatic rings. The summed E-state index contributed by atoms with van der Waals surface area (Å²) in [6, 6.07) is -0.539. The summed E-state index contributed by atoms with van der Waals surface area (Å²) in [6.07, 6.45) is 6.91. The van der Waals surface area contributed by atoms with E-state index in [2.05, 4.69) is 15.6 Å². The van der Waals surface area contributed by atoms with Gasteiger partial charge in [0, 0.05) is 12.1 Å². The topological polar surface area (TPSA) is 157 Å². The van der Waals surface area contributed by atoms with Crippen LogP contribution in [0.4, 0.5) is 0 Å². The Hall–Kier alpha value is -1.74. The number of nitrogens with two attached hydrogens (primary N) is 4. The predicted octanol–water partition coefficient (Wildman–Crippen LogP) is -0.851. The van der Waals surface area contributed by atoms with Crippen LogP contribution in [0.2, 0.25) is 0 Å². The van der Waals surface area contributed by atoms with Crippen LogP contribution in [0.1, 0.15) is 25.7 Å². The minimum Gasteiger partial charge on any atom is -0.370 e. The molecule has 114 valence electrons. The maximum atomic E-state index is 11.5. The smallest absolute Gasteiger partial charge is 0.354 e. The van der Waals surface area contributed by atoms with Gasteiger partial charge in [-0.3, -0.25) is 0 Å². The third-order valence-corrected chi connectivity index (χ3v) is 2.59. The summed E-state index contributed by atoms with van der Waals surface area (Å²) in [5, 5.41) is 0. The number of allylic oxidation sites excluding steroid dienone is 2. The first-order valence-electron chi connectivity index (χ1n) is 6.22. The van der Waals surface area contributed by atoms with E-state index < -0.39 is 18.0 Å². The Kier molecular flexibility index (Phi) is 10.2. The van der Waals surface area contributed by atoms with E-state index in [1.807, 2.05) is 0 Å². The number of carbonyl (C=O) groups excluding carboxylic acids is 2. The fraction of sp³-hybridized carbons (Fsp3) is 0.500. The molecule has 0 heterocycles. The number of rotatable bonds is 9. The third-order valence-electron chi connectivity index (χ3n) is 2.59. The standard InChI is InChI=1S/C12H22N4O4/c13-8-3-1-2-6-10(14)9(12(18)20-16)5-4-7-11(17)19-15/h4-5,7,10H,1-3,6,8,13-16H2/b7-4+,9-5-. The highest BCUT2D eigenvalue weighted by Gasteiger charge is 2.17. The van der Waals surface area contributed by atoms with Crippen LogP contribution in [-0.4, -0.2) is 24.5 Å². The van der Waals surface area contributed by atoms with Crippen LogP contribution in [0, 0.1) is 0 Å². The molecule has 20 heavy (non-hydrogen) atoms. The number of hydrogen-bond donors (Lipinski definition) is 4. The van der Waals surface area contributed by atoms with Crippen molar-refractivity contribution in [3.05, 3.63) is 23.8 Å². The molecule has 0 rings (SSSR count). The van der Waals surface area contributed by atoms with Crippen LogP contribution in [0.25, 0.3) is 0 Å². The number of hydrogen-bond acceptors (Lipinski definition) is 8. The minimum atomic E-state index is -0.752. The van der Waals surface area contributed by atoms with Crippen LogP contribution in [0.3, 0.4) is 0 Å². The quantitative estimate of drug-likeness (QED) is 0.185. The molecule has 0 fully saturated rings. The predicted molar refractivity (Wildman–Crippen MR) is 73.3 cm³/mol. The monoisotopic (exact) mass is 286 g/mol. The summed E-state index contributed by atoms with van der Waals surface area (Å²) in [5.74, 6) is 8.01. The van der Waals surface area contributed by atoms with Crippen LogP contribution < -0.4 is 23.3 Å². The minimum absolute atomic E-state index is 0.168. The zero-order chi connectivity index (χ0) is 15.4. The molecule has 0 bridgehead atoms. The summed E-state index contributed by atoms with van der Waals surface area (Å²) in [6.45, 7) is 0.618. The molecule has 0 saturated carbocycles. The average Bonchev–Trinajstić information content (AvgIpc) is 2.46. The van der Waals surface area contributed by atoms with E-state index in [0.29, 0.717) is 13.0 Å². The van der Waals surface area contributed by atoms with Gasteiger partial charge in [-0.15, -0.1) is 0 Å². The van der Waals surface area contributed by atoms with Gasteiger partial charge >= 0.3 is 11.9 Å². The lowest BCUT2D eigenvalue weighted by Crippen LogP contribution is -2.29. The van der Waals surface area contributed by atoms with Gasteiger partial charge in [0.1, 0.15) is 0 Å². The Labute approximate surface area is 117 Å². The van der Waals surface area contributed by atoms with E-state index in [1.54, 1.807) is 0 Å². The lowest BCUT2D eigenvalue weighted by atomic mass is 10.0. The van der Waals surface area contributed by atoms with E-state index in [-0.39, 0.29) is 5.57 Å². The largest absolute Gasteiger partial charge is 0.370 e. The van der Waals surface area contributed by atoms with Gasteiger partial charge in [-0.25, -0.2) is 9.59 Å². The first kappa shape index (κ1) is 18.3. The maximum Gasteiger partial charge on any atom is 0.354 e. The molecule has 8 nitrogen and oxygen atoms in total. The molecule has 1 unspecified atom stereocenters. The molecule has 0 radical (unpaired) electrons. The third kappa shape index (κ3) is 7.64. The zero-order valence-corrected chi connectivity index (χ0v) is 11.3. The van der Waals surface area contributed by atoms with Crippen LogP contribution in [0.15, 0.2) is 23.8 Å². The molecule has 0 aromatic carbocycles. The molecule has 0 aromatic heterocycles. The second-order valence-electron chi connectivity index (χ2n) is 4.07. The van der Waals surface area contributed by atoms with E-state index in [1.165, 1.54) is 12.2 Å². The van der Waals surface area contributed by atoms with Gasteiger partial charge in [-0.1, -0.05) is 18.9 Å². The maximum absolute atomic E-state index is 11.5. The van der Waals surface area contributed by atoms with Crippen molar-refractivity contribution < 1.29 is 19.3 Å². The highest BCUT2D eigenvalue weighted by Crippen LogP contribution is 2.11. The summed E-state index contributed by atoms with van der Waals surface area (Å²) < 4.78 is 0. The van der Waals surface area contributed by atoms with Gasteiger partial charge in [-0.05, 0) is 25.5 Å². The van der Waals surface area contributed by atoms with E-state index in [4.69, 9.17) is 17.4 Å². The highest BCUT2D eigenvalue weighted by molar-refractivity contribution is 5.90. The van der Waals surface area contributed by atoms with Crippen molar-refractivity contribution in [2.45, 2.75) is 31.7 Å². The average molecular weight is 286 g/mol. The van der Waals surface area contributed by atoms with Crippen molar-refractivity contribution in [2.24, 2.45) is 23.3 Å². The van der Waals surface area contributed by atoms with Gasteiger partial charge in [-0.2, -0.15) is 11.8 Å². The molecule has 8 N–H and O–H groups in total. The molecule has 1 atom stereocenters. The summed E-state index contributed by atoms with van der Waals surface area (Å²) in [4.78, 5) is 30.4. The molecule has 0 aliphatic carbocycles. The lowest BCUT2D eigenvalue weighted by molar-refractivity contribution is -0.140. The van der Waals surface area contributed by atoms with Crippen molar-refractivity contribution in [3.63, 3.8) is 0 Å². The lowest BCUT2D eigenvalue weighted by Gasteiger charge is -2.13. The first-order chi connectivity index (χ1) is 9.56. The van der Waals surface area contributed by atoms with Gasteiger partial charge < -0.3 is 21.1 Å². The number of unbranched alkanes of at least 4 members (excludes halogenated alkanes) is 2. The number of carbonyl (C=O) groups is 2. The molecule has 0 saturated heterocycles. The zero-order valence-electron chi connectivity index (χ0n) is 11.3. The van der Waals surface area contributed by atoms with Crippen molar-refractivity contribution in [1.82, 2.24) is 0 Å². The van der Waals surface area contributed by atoms with Crippen LogP contribution in [-0.2, 0) is 19.3 Å². The Balaban J connectivity index is 4.62. The molecule has 0 amide bonds. The van der Waals surface area contributed by atoms with Gasteiger partial charge in [0.05, 0.1) is 5.57 Å². The summed E-state index contributed by atoms with van der Waals surface area (Å²) in [7, 11) is 0. The molecular formula is C12H22N4O4. The van der Waals surface area contributed by atoms with E-state index >= 15 is 0 Å². The molecular weight excluding hydrogens is 264 g/mol. The molecule has 0 aliphatic heterocycles. The van der Waals surface area contributed by atoms with E-state index in [0.717, 1.165) is 25.3 Å². The Morgan fingerprint density at radius 2 is 1.80 bits per heavy atom. The van der Waals surface area contributed by atoms with Crippen molar-refractivity contribution >= 4 is 11.9 Å². The van der Waals surface area contributed by atoms with Crippen molar-refractivity contribution in [3.8, 4) is 0 Å². The Morgan fingerprint density at radius 3 is 2.35 bits per heavy atom. The normalized spacial score (nSPS) is 13.3. The molecule has 8 heteroatoms. The summed E-state index contributed by atoms with van der Waals surface area (Å²) in [5.41, 5.74) is 11.4. The fourth-order valence-electron chi connectivity index (χ4n) is 1.52. The van der Waals surface area contributed by atoms with Gasteiger partial charge in [0.2, 0.25) is 0 Å². The van der Waals surface area contributed by atoms with Crippen molar-refractivity contribution in [2.75, 3.05) is 6.54 Å². The highest BCUT2D eigenvalue weighted by atomic mass is 16.7. The van der Waals surface area contributed by atoms with Gasteiger partial charge in [0.25, 0.3) is 0 Å². The molecule has 0 spiro atoms. The van der Waals surface area contributed by atoms with Crippen LogP contribution >= 0.6 is 0 Å². The Bertz CT molecular complexity index is 368. The van der Waals surface area contributed by atoms with Crippen LogP contribution in [0.5, 0.6) is 0 Å². The van der Waals surface area contributed by atoms with Crippen molar-refractivity contribution in [1.29, 1.82) is 0 Å². The summed E-state index contributed by atoms with van der Waals surface area (Å²) >= 11 is 0. The first-order valence-corrected chi connectivity index (χ1v) is 6.22. The molecule has 0 aromatic rings. The Morgan fingerprint density at radius 1 is 1.10 bits per heavy atom. The fourth-order valence-corrected chi connectivity index (χ4v) is 1.52. The second-order valence-corrected chi connectivity index (χ2v) is 4.07. The van der Waals surface area contributed by atoms with Gasteiger partial charge in [0.15, 0.2) is 0 Å². The SMILES string of the molecule is NCCCCCC(N)/C(=C/C=C/C(=O)ON)C(=O)ON.